The molecule has 1 rings (SSSR count). The van der Waals surface area contributed by atoms with Gasteiger partial charge in [0.25, 0.3) is 5.91 Å². The van der Waals surface area contributed by atoms with Gasteiger partial charge in [0.2, 0.25) is 5.91 Å². The van der Waals surface area contributed by atoms with Gasteiger partial charge in [-0.1, -0.05) is 55.6 Å². The first-order valence-corrected chi connectivity index (χ1v) is 8.27. The van der Waals surface area contributed by atoms with E-state index in [0.29, 0.717) is 36.2 Å². The summed E-state index contributed by atoms with van der Waals surface area (Å²) in [5.74, 6) is -0.699. The molecule has 1 aromatic carbocycles. The summed E-state index contributed by atoms with van der Waals surface area (Å²) in [5.41, 5.74) is 1.32. The molecule has 2 amide bonds. The normalized spacial score (nSPS) is 11.0. The maximum atomic E-state index is 12.2. The largest absolute Gasteiger partial charge is 0.352 e. The summed E-state index contributed by atoms with van der Waals surface area (Å²) < 4.78 is 0. The quantitative estimate of drug-likeness (QED) is 0.294. The van der Waals surface area contributed by atoms with Gasteiger partial charge in [-0.25, -0.2) is 0 Å². The molecule has 136 valence electrons. The van der Waals surface area contributed by atoms with E-state index >= 15 is 0 Å². The summed E-state index contributed by atoms with van der Waals surface area (Å²) in [5, 5.41) is 5.43. The van der Waals surface area contributed by atoms with Crippen LogP contribution in [-0.4, -0.2) is 30.7 Å². The maximum absolute atomic E-state index is 12.2. The van der Waals surface area contributed by atoms with Gasteiger partial charge in [0.05, 0.1) is 0 Å². The Morgan fingerprint density at radius 3 is 2.19 bits per heavy atom. The van der Waals surface area contributed by atoms with Gasteiger partial charge in [0.1, 0.15) is 0 Å². The van der Waals surface area contributed by atoms with Crippen LogP contribution in [0, 0.1) is 0 Å². The van der Waals surface area contributed by atoms with Crippen LogP contribution < -0.4 is 10.6 Å². The van der Waals surface area contributed by atoms with Crippen molar-refractivity contribution in [2.45, 2.75) is 13.3 Å². The van der Waals surface area contributed by atoms with Crippen LogP contribution in [0.5, 0.6) is 0 Å². The number of amides is 2. The highest BCUT2D eigenvalue weighted by Crippen LogP contribution is 2.04. The number of allylic oxidation sites excluding steroid dienone is 3. The molecule has 0 radical (unpaired) electrons. The van der Waals surface area contributed by atoms with Crippen molar-refractivity contribution in [3.63, 3.8) is 0 Å². The van der Waals surface area contributed by atoms with Crippen LogP contribution in [0.3, 0.4) is 0 Å². The van der Waals surface area contributed by atoms with Gasteiger partial charge in [-0.15, -0.1) is 0 Å². The van der Waals surface area contributed by atoms with Gasteiger partial charge in [-0.2, -0.15) is 0 Å². The van der Waals surface area contributed by atoms with Crippen molar-refractivity contribution < 1.29 is 14.4 Å². The second kappa shape index (κ2) is 11.4. The minimum atomic E-state index is -0.312. The van der Waals surface area contributed by atoms with Gasteiger partial charge in [-0.3, -0.25) is 14.4 Å². The molecule has 0 saturated carbocycles. The van der Waals surface area contributed by atoms with Gasteiger partial charge >= 0.3 is 0 Å². The third-order valence-corrected chi connectivity index (χ3v) is 3.34. The Labute approximate surface area is 154 Å². The number of hydrogen-bond acceptors (Lipinski definition) is 3. The highest BCUT2D eigenvalue weighted by atomic mass is 16.2. The molecular weight excluding hydrogens is 328 g/mol. The number of benzene rings is 1. The Hall–Kier alpha value is -3.21. The molecule has 26 heavy (non-hydrogen) atoms. The lowest BCUT2D eigenvalue weighted by Gasteiger charge is -2.07. The van der Waals surface area contributed by atoms with E-state index in [1.165, 1.54) is 24.3 Å². The third-order valence-electron chi connectivity index (χ3n) is 3.34. The van der Waals surface area contributed by atoms with Gasteiger partial charge in [0.15, 0.2) is 5.78 Å². The number of ketones is 1. The highest BCUT2D eigenvalue weighted by Gasteiger charge is 2.07. The molecule has 5 heteroatoms. The summed E-state index contributed by atoms with van der Waals surface area (Å²) in [6.07, 6.45) is 6.43. The van der Waals surface area contributed by atoms with E-state index in [-0.39, 0.29) is 17.6 Å². The van der Waals surface area contributed by atoms with Crippen LogP contribution in [0.25, 0.3) is 0 Å². The van der Waals surface area contributed by atoms with Crippen LogP contribution in [-0.2, 0) is 9.59 Å². The average molecular weight is 352 g/mol. The number of nitrogens with one attached hydrogen (secondary N) is 2. The lowest BCUT2D eigenvalue weighted by molar-refractivity contribution is -0.117. The van der Waals surface area contributed by atoms with Crippen LogP contribution in [0.15, 0.2) is 78.9 Å². The summed E-state index contributed by atoms with van der Waals surface area (Å²) in [4.78, 5) is 35.6. The average Bonchev–Trinajstić information content (AvgIpc) is 2.64. The van der Waals surface area contributed by atoms with Crippen molar-refractivity contribution in [2.24, 2.45) is 0 Å². The van der Waals surface area contributed by atoms with E-state index in [4.69, 9.17) is 0 Å². The van der Waals surface area contributed by atoms with Gasteiger partial charge in [0, 0.05) is 29.8 Å². The van der Waals surface area contributed by atoms with Crippen molar-refractivity contribution in [1.29, 1.82) is 0 Å². The predicted molar refractivity (Wildman–Crippen MR) is 104 cm³/mol. The maximum Gasteiger partial charge on any atom is 0.251 e. The molecule has 5 nitrogen and oxygen atoms in total. The van der Waals surface area contributed by atoms with E-state index in [9.17, 15) is 14.4 Å². The van der Waals surface area contributed by atoms with Crippen LogP contribution in [0.4, 0.5) is 0 Å². The SMILES string of the molecule is C=CC=C(C=CC(=O)c1ccccc1)C(=O)NCCCNC(=O)C(=C)C. The first-order chi connectivity index (χ1) is 12.5. The zero-order valence-corrected chi connectivity index (χ0v) is 15.0. The fourth-order valence-corrected chi connectivity index (χ4v) is 1.94. The van der Waals surface area contributed by atoms with E-state index in [0.717, 1.165) is 0 Å². The van der Waals surface area contributed by atoms with Crippen LogP contribution in [0.2, 0.25) is 0 Å². The second-order valence-electron chi connectivity index (χ2n) is 5.57. The molecule has 0 aliphatic carbocycles. The van der Waals surface area contributed by atoms with Crippen molar-refractivity contribution in [3.05, 3.63) is 84.5 Å². The Bertz CT molecular complexity index is 731. The molecule has 2 N–H and O–H groups in total. The first-order valence-electron chi connectivity index (χ1n) is 8.27. The molecule has 0 spiro atoms. The second-order valence-corrected chi connectivity index (χ2v) is 5.57. The molecule has 0 saturated heterocycles. The summed E-state index contributed by atoms with van der Waals surface area (Å²) in [7, 11) is 0. The molecule has 0 fully saturated rings. The standard InChI is InChI=1S/C21H24N2O3/c1-4-9-18(12-13-19(24)17-10-6-5-7-11-17)21(26)23-15-8-14-22-20(25)16(2)3/h4-7,9-13H,1-2,8,14-15H2,3H3,(H,22,25)(H,23,26). The fourth-order valence-electron chi connectivity index (χ4n) is 1.94. The smallest absolute Gasteiger partial charge is 0.251 e. The monoisotopic (exact) mass is 352 g/mol. The van der Waals surface area contributed by atoms with Crippen molar-refractivity contribution >= 4 is 17.6 Å². The molecule has 1 aromatic rings. The first kappa shape index (κ1) is 20.8. The number of carbonyl (C=O) groups is 3. The van der Waals surface area contributed by atoms with Crippen molar-refractivity contribution in [1.82, 2.24) is 10.6 Å². The third kappa shape index (κ3) is 7.57. The lowest BCUT2D eigenvalue weighted by Crippen LogP contribution is -2.30. The molecule has 0 unspecified atom stereocenters. The van der Waals surface area contributed by atoms with Gasteiger partial charge in [-0.05, 0) is 25.5 Å². The Balaban J connectivity index is 2.52. The minimum Gasteiger partial charge on any atom is -0.352 e. The highest BCUT2D eigenvalue weighted by molar-refractivity contribution is 6.06. The Kier molecular flexibility index (Phi) is 9.10. The molecule has 0 heterocycles. The van der Waals surface area contributed by atoms with Crippen molar-refractivity contribution in [3.8, 4) is 0 Å². The Morgan fingerprint density at radius 2 is 1.62 bits per heavy atom. The summed E-state index contributed by atoms with van der Waals surface area (Å²) in [6.45, 7) is 9.60. The van der Waals surface area contributed by atoms with Crippen LogP contribution in [0.1, 0.15) is 23.7 Å². The van der Waals surface area contributed by atoms with E-state index < -0.39 is 0 Å². The molecule has 0 aliphatic heterocycles. The zero-order chi connectivity index (χ0) is 19.4. The van der Waals surface area contributed by atoms with Gasteiger partial charge < -0.3 is 10.6 Å². The number of carbonyl (C=O) groups excluding carboxylic acids is 3. The molecule has 0 aliphatic rings. The lowest BCUT2D eigenvalue weighted by atomic mass is 10.1. The summed E-state index contributed by atoms with van der Waals surface area (Å²) >= 11 is 0. The molecule has 0 bridgehead atoms. The van der Waals surface area contributed by atoms with E-state index in [1.807, 2.05) is 6.07 Å². The number of rotatable bonds is 10. The van der Waals surface area contributed by atoms with E-state index in [2.05, 4.69) is 23.8 Å². The fraction of sp³-hybridized carbons (Fsp3) is 0.190. The Morgan fingerprint density at radius 1 is 1.00 bits per heavy atom. The number of hydrogen-bond donors (Lipinski definition) is 2. The molecule has 0 aromatic heterocycles. The topological polar surface area (TPSA) is 75.3 Å². The minimum absolute atomic E-state index is 0.184. The van der Waals surface area contributed by atoms with Crippen molar-refractivity contribution in [2.75, 3.05) is 13.1 Å². The van der Waals surface area contributed by atoms with E-state index in [1.54, 1.807) is 31.2 Å². The molecular formula is C21H24N2O3. The molecule has 0 atom stereocenters. The predicted octanol–water partition coefficient (Wildman–Crippen LogP) is 2.74. The zero-order valence-electron chi connectivity index (χ0n) is 15.0. The van der Waals surface area contributed by atoms with Crippen LogP contribution >= 0.6 is 0 Å². The summed E-state index contributed by atoms with van der Waals surface area (Å²) in [6, 6.07) is 8.81.